The summed E-state index contributed by atoms with van der Waals surface area (Å²) in [5.74, 6) is 1.91. The van der Waals surface area contributed by atoms with Crippen molar-refractivity contribution in [2.24, 2.45) is 5.92 Å². The molecule has 0 unspecified atom stereocenters. The Labute approximate surface area is 153 Å². The lowest BCUT2D eigenvalue weighted by atomic mass is 9.71. The molecular weight excluding hydrogens is 324 g/mol. The van der Waals surface area contributed by atoms with Crippen LogP contribution in [0.25, 0.3) is 0 Å². The Morgan fingerprint density at radius 1 is 1.04 bits per heavy atom. The molecule has 0 N–H and O–H groups in total. The van der Waals surface area contributed by atoms with Crippen LogP contribution in [0.1, 0.15) is 29.9 Å². The number of rotatable bonds is 3. The Morgan fingerprint density at radius 2 is 1.77 bits per heavy atom. The van der Waals surface area contributed by atoms with Crippen molar-refractivity contribution in [2.75, 3.05) is 31.1 Å². The van der Waals surface area contributed by atoms with E-state index in [2.05, 4.69) is 40.2 Å². The number of carbonyl (C=O) groups excluding carboxylic acids is 1. The highest BCUT2D eigenvalue weighted by Crippen LogP contribution is 2.42. The molecule has 4 rings (SSSR count). The van der Waals surface area contributed by atoms with Gasteiger partial charge in [-0.2, -0.15) is 5.26 Å². The second-order valence-corrected chi connectivity index (χ2v) is 7.11. The maximum atomic E-state index is 12.7. The average Bonchev–Trinajstić information content (AvgIpc) is 2.68. The maximum absolute atomic E-state index is 12.7. The second-order valence-electron chi connectivity index (χ2n) is 7.11. The molecule has 2 heterocycles. The van der Waals surface area contributed by atoms with Crippen LogP contribution in [0.4, 0.5) is 5.82 Å². The summed E-state index contributed by atoms with van der Waals surface area (Å²) >= 11 is 0. The van der Waals surface area contributed by atoms with E-state index in [0.29, 0.717) is 17.4 Å². The number of amides is 1. The Hall–Kier alpha value is -2.87. The number of hydrogen-bond donors (Lipinski definition) is 0. The van der Waals surface area contributed by atoms with Crippen molar-refractivity contribution in [3.63, 3.8) is 0 Å². The lowest BCUT2D eigenvalue weighted by Gasteiger charge is -2.41. The predicted molar refractivity (Wildman–Crippen MR) is 99.7 cm³/mol. The lowest BCUT2D eigenvalue weighted by Crippen LogP contribution is -2.52. The Bertz CT molecular complexity index is 798. The molecule has 0 spiro atoms. The fourth-order valence-corrected chi connectivity index (χ4v) is 3.87. The molecule has 26 heavy (non-hydrogen) atoms. The first-order chi connectivity index (χ1) is 12.7. The van der Waals surface area contributed by atoms with Gasteiger partial charge in [-0.3, -0.25) is 4.79 Å². The number of nitrogens with zero attached hydrogens (tertiary/aromatic N) is 4. The van der Waals surface area contributed by atoms with E-state index in [4.69, 9.17) is 5.26 Å². The summed E-state index contributed by atoms with van der Waals surface area (Å²) in [6.45, 7) is 3.07. The van der Waals surface area contributed by atoms with Crippen molar-refractivity contribution >= 4 is 11.7 Å². The predicted octanol–water partition coefficient (Wildman–Crippen LogP) is 2.80. The summed E-state index contributed by atoms with van der Waals surface area (Å²) in [6, 6.07) is 16.3. The first kappa shape index (κ1) is 16.6. The molecule has 1 aromatic heterocycles. The van der Waals surface area contributed by atoms with Gasteiger partial charge in [0.25, 0.3) is 0 Å². The Kier molecular flexibility index (Phi) is 4.57. The molecule has 1 aliphatic heterocycles. The molecule has 2 aliphatic rings. The zero-order valence-electron chi connectivity index (χ0n) is 14.7. The minimum Gasteiger partial charge on any atom is -0.353 e. The monoisotopic (exact) mass is 346 g/mol. The number of carbonyl (C=O) groups is 1. The van der Waals surface area contributed by atoms with Crippen LogP contribution in [0.15, 0.2) is 48.7 Å². The van der Waals surface area contributed by atoms with Crippen molar-refractivity contribution in [1.82, 2.24) is 9.88 Å². The van der Waals surface area contributed by atoms with Gasteiger partial charge in [0.1, 0.15) is 11.9 Å². The molecule has 1 aromatic carbocycles. The van der Waals surface area contributed by atoms with Gasteiger partial charge in [0.05, 0.1) is 5.56 Å². The van der Waals surface area contributed by atoms with Crippen LogP contribution in [0.2, 0.25) is 0 Å². The molecule has 132 valence electrons. The number of aromatic nitrogens is 1. The molecule has 5 nitrogen and oxygen atoms in total. The maximum Gasteiger partial charge on any atom is 0.225 e. The van der Waals surface area contributed by atoms with E-state index in [0.717, 1.165) is 44.8 Å². The molecule has 0 bridgehead atoms. The summed E-state index contributed by atoms with van der Waals surface area (Å²) in [5.41, 5.74) is 1.92. The van der Waals surface area contributed by atoms with E-state index in [1.54, 1.807) is 12.3 Å². The Morgan fingerprint density at radius 3 is 2.38 bits per heavy atom. The van der Waals surface area contributed by atoms with Gasteiger partial charge in [0.2, 0.25) is 5.91 Å². The molecule has 2 aromatic rings. The minimum atomic E-state index is 0.180. The average molecular weight is 346 g/mol. The third-order valence-electron chi connectivity index (χ3n) is 5.55. The second kappa shape index (κ2) is 7.17. The van der Waals surface area contributed by atoms with E-state index < -0.39 is 0 Å². The number of nitriles is 1. The molecule has 1 saturated heterocycles. The van der Waals surface area contributed by atoms with Crippen LogP contribution in [-0.4, -0.2) is 42.0 Å². The lowest BCUT2D eigenvalue weighted by molar-refractivity contribution is -0.139. The van der Waals surface area contributed by atoms with E-state index >= 15 is 0 Å². The summed E-state index contributed by atoms with van der Waals surface area (Å²) in [5, 5.41) is 8.86. The highest BCUT2D eigenvalue weighted by molar-refractivity contribution is 5.80. The van der Waals surface area contributed by atoms with Crippen molar-refractivity contribution in [1.29, 1.82) is 5.26 Å². The van der Waals surface area contributed by atoms with E-state index in [9.17, 15) is 4.79 Å². The third kappa shape index (κ3) is 3.28. The third-order valence-corrected chi connectivity index (χ3v) is 5.55. The Balaban J connectivity index is 1.28. The first-order valence-corrected chi connectivity index (χ1v) is 9.19. The van der Waals surface area contributed by atoms with Gasteiger partial charge in [0.15, 0.2) is 0 Å². The van der Waals surface area contributed by atoms with Gasteiger partial charge in [0, 0.05) is 38.3 Å². The topological polar surface area (TPSA) is 60.2 Å². The van der Waals surface area contributed by atoms with Crippen LogP contribution >= 0.6 is 0 Å². The fourth-order valence-electron chi connectivity index (χ4n) is 3.87. The van der Waals surface area contributed by atoms with Crippen LogP contribution in [0.3, 0.4) is 0 Å². The molecule has 5 heteroatoms. The normalized spacial score (nSPS) is 22.4. The molecule has 2 fully saturated rings. The SMILES string of the molecule is N#Cc1ccc(N2CCN(C(=O)C3CC(c4ccccc4)C3)CC2)nc1. The van der Waals surface area contributed by atoms with Gasteiger partial charge in [-0.15, -0.1) is 0 Å². The highest BCUT2D eigenvalue weighted by Gasteiger charge is 2.38. The van der Waals surface area contributed by atoms with E-state index in [-0.39, 0.29) is 5.92 Å². The van der Waals surface area contributed by atoms with Gasteiger partial charge < -0.3 is 9.80 Å². The highest BCUT2D eigenvalue weighted by atomic mass is 16.2. The standard InChI is InChI=1S/C21H22N4O/c22-14-16-6-7-20(23-15-16)24-8-10-25(11-9-24)21(26)19-12-18(13-19)17-4-2-1-3-5-17/h1-7,15,18-19H,8-13H2. The van der Waals surface area contributed by atoms with Crippen LogP contribution in [0.5, 0.6) is 0 Å². The number of hydrogen-bond acceptors (Lipinski definition) is 4. The van der Waals surface area contributed by atoms with Crippen molar-refractivity contribution < 1.29 is 4.79 Å². The zero-order chi connectivity index (χ0) is 17.9. The van der Waals surface area contributed by atoms with Crippen LogP contribution in [-0.2, 0) is 4.79 Å². The molecule has 1 saturated carbocycles. The summed E-state index contributed by atoms with van der Waals surface area (Å²) in [6.07, 6.45) is 3.55. The first-order valence-electron chi connectivity index (χ1n) is 9.19. The van der Waals surface area contributed by atoms with Crippen LogP contribution in [0, 0.1) is 17.2 Å². The quantitative estimate of drug-likeness (QED) is 0.857. The molecular formula is C21H22N4O. The fraction of sp³-hybridized carbons (Fsp3) is 0.381. The molecule has 1 amide bonds. The van der Waals surface area contributed by atoms with E-state index in [1.165, 1.54) is 5.56 Å². The molecule has 0 radical (unpaired) electrons. The molecule has 0 atom stereocenters. The number of piperazine rings is 1. The van der Waals surface area contributed by atoms with Crippen LogP contribution < -0.4 is 4.90 Å². The van der Waals surface area contributed by atoms with Gasteiger partial charge in [-0.1, -0.05) is 30.3 Å². The van der Waals surface area contributed by atoms with Gasteiger partial charge in [-0.05, 0) is 36.5 Å². The summed E-state index contributed by atoms with van der Waals surface area (Å²) in [7, 11) is 0. The van der Waals surface area contributed by atoms with Crippen molar-refractivity contribution in [2.45, 2.75) is 18.8 Å². The van der Waals surface area contributed by atoms with Gasteiger partial charge in [-0.25, -0.2) is 4.98 Å². The van der Waals surface area contributed by atoms with Crippen molar-refractivity contribution in [3.8, 4) is 6.07 Å². The van der Waals surface area contributed by atoms with Crippen molar-refractivity contribution in [3.05, 3.63) is 59.8 Å². The smallest absolute Gasteiger partial charge is 0.225 e. The summed E-state index contributed by atoms with van der Waals surface area (Å²) < 4.78 is 0. The number of benzene rings is 1. The van der Waals surface area contributed by atoms with E-state index in [1.807, 2.05) is 17.0 Å². The number of anilines is 1. The zero-order valence-corrected chi connectivity index (χ0v) is 14.7. The number of pyridine rings is 1. The van der Waals surface area contributed by atoms with Gasteiger partial charge >= 0.3 is 0 Å². The largest absolute Gasteiger partial charge is 0.353 e. The minimum absolute atomic E-state index is 0.180. The molecule has 1 aliphatic carbocycles. The summed E-state index contributed by atoms with van der Waals surface area (Å²) in [4.78, 5) is 21.3.